The molecule has 19 heavy (non-hydrogen) atoms. The number of amides is 1. The van der Waals surface area contributed by atoms with Crippen LogP contribution in [0.3, 0.4) is 0 Å². The van der Waals surface area contributed by atoms with Crippen LogP contribution < -0.4 is 5.73 Å². The van der Waals surface area contributed by atoms with E-state index in [0.29, 0.717) is 18.5 Å². The maximum absolute atomic E-state index is 12.3. The van der Waals surface area contributed by atoms with Gasteiger partial charge in [-0.2, -0.15) is 0 Å². The molecule has 1 saturated heterocycles. The van der Waals surface area contributed by atoms with Gasteiger partial charge in [-0.1, -0.05) is 30.3 Å². The number of hydrogen-bond donors (Lipinski definition) is 1. The Kier molecular flexibility index (Phi) is 4.59. The van der Waals surface area contributed by atoms with Crippen molar-refractivity contribution < 1.29 is 4.79 Å². The molecular weight excluding hydrogens is 236 g/mol. The third kappa shape index (κ3) is 3.35. The fourth-order valence-electron chi connectivity index (χ4n) is 2.96. The first-order valence-corrected chi connectivity index (χ1v) is 7.21. The number of nitrogens with zero attached hydrogens (tertiary/aromatic N) is 1. The lowest BCUT2D eigenvalue weighted by Gasteiger charge is -2.27. The van der Waals surface area contributed by atoms with Crippen molar-refractivity contribution in [2.75, 3.05) is 0 Å². The minimum absolute atomic E-state index is 0.0432. The number of likely N-dealkylation sites (tertiary alicyclic amines) is 1. The van der Waals surface area contributed by atoms with Gasteiger partial charge in [0, 0.05) is 24.5 Å². The number of nitrogens with two attached hydrogens (primary N) is 1. The van der Waals surface area contributed by atoms with Crippen molar-refractivity contribution in [3.8, 4) is 0 Å². The van der Waals surface area contributed by atoms with Gasteiger partial charge in [-0.25, -0.2) is 0 Å². The zero-order valence-corrected chi connectivity index (χ0v) is 11.9. The van der Waals surface area contributed by atoms with Gasteiger partial charge in [0.15, 0.2) is 0 Å². The molecule has 0 radical (unpaired) electrons. The quantitative estimate of drug-likeness (QED) is 0.905. The van der Waals surface area contributed by atoms with Crippen molar-refractivity contribution in [1.29, 1.82) is 0 Å². The number of hydrogen-bond acceptors (Lipinski definition) is 2. The van der Waals surface area contributed by atoms with E-state index in [4.69, 9.17) is 5.73 Å². The Hall–Kier alpha value is -1.35. The Bertz CT molecular complexity index is 408. The highest BCUT2D eigenvalue weighted by molar-refractivity contribution is 5.77. The Morgan fingerprint density at radius 3 is 2.42 bits per heavy atom. The predicted molar refractivity (Wildman–Crippen MR) is 77.6 cm³/mol. The van der Waals surface area contributed by atoms with Gasteiger partial charge in [-0.05, 0) is 38.7 Å². The van der Waals surface area contributed by atoms with Gasteiger partial charge >= 0.3 is 0 Å². The van der Waals surface area contributed by atoms with Gasteiger partial charge in [0.2, 0.25) is 5.91 Å². The first-order chi connectivity index (χ1) is 9.09. The average Bonchev–Trinajstić information content (AvgIpc) is 2.76. The third-order valence-corrected chi connectivity index (χ3v) is 4.14. The van der Waals surface area contributed by atoms with E-state index in [1.54, 1.807) is 0 Å². The highest BCUT2D eigenvalue weighted by atomic mass is 16.2. The number of benzene rings is 1. The minimum atomic E-state index is -0.0432. The lowest BCUT2D eigenvalue weighted by Crippen LogP contribution is -2.38. The smallest absolute Gasteiger partial charge is 0.223 e. The second kappa shape index (κ2) is 6.20. The van der Waals surface area contributed by atoms with Crippen LogP contribution >= 0.6 is 0 Å². The maximum Gasteiger partial charge on any atom is 0.223 e. The van der Waals surface area contributed by atoms with Crippen LogP contribution in [0.5, 0.6) is 0 Å². The van der Waals surface area contributed by atoms with Crippen molar-refractivity contribution in [3.63, 3.8) is 0 Å². The fourth-order valence-corrected chi connectivity index (χ4v) is 2.96. The summed E-state index contributed by atoms with van der Waals surface area (Å²) >= 11 is 0. The van der Waals surface area contributed by atoms with Gasteiger partial charge < -0.3 is 10.6 Å². The fraction of sp³-hybridized carbons (Fsp3) is 0.562. The molecule has 1 fully saturated rings. The van der Waals surface area contributed by atoms with Gasteiger partial charge in [0.1, 0.15) is 0 Å². The topological polar surface area (TPSA) is 46.3 Å². The molecule has 2 N–H and O–H groups in total. The summed E-state index contributed by atoms with van der Waals surface area (Å²) in [6, 6.07) is 10.7. The molecule has 0 unspecified atom stereocenters. The number of carbonyl (C=O) groups is 1. The molecule has 1 aromatic carbocycles. The Morgan fingerprint density at radius 1 is 1.26 bits per heavy atom. The second-order valence-electron chi connectivity index (χ2n) is 5.63. The Morgan fingerprint density at radius 2 is 1.84 bits per heavy atom. The number of rotatable bonds is 4. The zero-order chi connectivity index (χ0) is 13.8. The molecule has 1 aliphatic heterocycles. The highest BCUT2D eigenvalue weighted by Gasteiger charge is 2.30. The lowest BCUT2D eigenvalue weighted by atomic mass is 10.0. The summed E-state index contributed by atoms with van der Waals surface area (Å²) in [5, 5.41) is 0. The molecule has 1 aliphatic rings. The van der Waals surface area contributed by atoms with Crippen LogP contribution in [0.4, 0.5) is 0 Å². The molecule has 0 aromatic heterocycles. The second-order valence-corrected chi connectivity index (χ2v) is 5.63. The van der Waals surface area contributed by atoms with Crippen LogP contribution in [0, 0.1) is 0 Å². The van der Waals surface area contributed by atoms with E-state index in [1.165, 1.54) is 0 Å². The normalized spacial score (nSPS) is 24.5. The van der Waals surface area contributed by atoms with E-state index >= 15 is 0 Å². The number of carbonyl (C=O) groups excluding carboxylic acids is 1. The molecule has 104 valence electrons. The van der Waals surface area contributed by atoms with Crippen LogP contribution in [-0.4, -0.2) is 22.9 Å². The minimum Gasteiger partial charge on any atom is -0.337 e. The van der Waals surface area contributed by atoms with Crippen molar-refractivity contribution in [3.05, 3.63) is 35.9 Å². The molecule has 0 bridgehead atoms. The van der Waals surface area contributed by atoms with Crippen molar-refractivity contribution in [2.45, 2.75) is 57.7 Å². The summed E-state index contributed by atoms with van der Waals surface area (Å²) in [7, 11) is 0. The van der Waals surface area contributed by atoms with Crippen LogP contribution in [-0.2, 0) is 4.79 Å². The summed E-state index contributed by atoms with van der Waals surface area (Å²) in [4.78, 5) is 14.3. The van der Waals surface area contributed by atoms with Crippen molar-refractivity contribution >= 4 is 5.91 Å². The third-order valence-electron chi connectivity index (χ3n) is 4.14. The van der Waals surface area contributed by atoms with E-state index in [-0.39, 0.29) is 11.9 Å². The maximum atomic E-state index is 12.3. The van der Waals surface area contributed by atoms with Crippen molar-refractivity contribution in [2.24, 2.45) is 5.73 Å². The average molecular weight is 260 g/mol. The van der Waals surface area contributed by atoms with E-state index in [0.717, 1.165) is 24.8 Å². The first-order valence-electron chi connectivity index (χ1n) is 7.21. The Balaban J connectivity index is 1.87. The molecular formula is C16H24N2O. The Labute approximate surface area is 115 Å². The molecule has 1 heterocycles. The molecule has 2 rings (SSSR count). The lowest BCUT2D eigenvalue weighted by molar-refractivity contribution is -0.133. The SMILES string of the molecule is C[C@@H]1CC[C@H](C)N1C(=O)CC[C@@H](N)c1ccccc1. The summed E-state index contributed by atoms with van der Waals surface area (Å²) < 4.78 is 0. The van der Waals surface area contributed by atoms with Gasteiger partial charge in [0.05, 0.1) is 0 Å². The summed E-state index contributed by atoms with van der Waals surface area (Å²) in [6.45, 7) is 4.27. The molecule has 3 nitrogen and oxygen atoms in total. The predicted octanol–water partition coefficient (Wildman–Crippen LogP) is 2.87. The zero-order valence-electron chi connectivity index (χ0n) is 11.9. The van der Waals surface area contributed by atoms with E-state index < -0.39 is 0 Å². The van der Waals surface area contributed by atoms with Gasteiger partial charge in [0.25, 0.3) is 0 Å². The monoisotopic (exact) mass is 260 g/mol. The molecule has 3 atom stereocenters. The van der Waals surface area contributed by atoms with Crippen molar-refractivity contribution in [1.82, 2.24) is 4.90 Å². The summed E-state index contributed by atoms with van der Waals surface area (Å²) in [6.07, 6.45) is 3.51. The van der Waals surface area contributed by atoms with Crippen LogP contribution in [0.15, 0.2) is 30.3 Å². The molecule has 0 saturated carbocycles. The summed E-state index contributed by atoms with van der Waals surface area (Å²) in [5.74, 6) is 0.254. The first kappa shape index (κ1) is 14.1. The standard InChI is InChI=1S/C16H24N2O/c1-12-8-9-13(2)18(12)16(19)11-10-15(17)14-6-4-3-5-7-14/h3-7,12-13,15H,8-11,17H2,1-2H3/t12-,13+,15-/m1/s1. The summed E-state index contributed by atoms with van der Waals surface area (Å²) in [5.41, 5.74) is 7.25. The highest BCUT2D eigenvalue weighted by Crippen LogP contribution is 2.25. The van der Waals surface area contributed by atoms with E-state index in [1.807, 2.05) is 35.2 Å². The molecule has 1 amide bonds. The van der Waals surface area contributed by atoms with Crippen LogP contribution in [0.25, 0.3) is 0 Å². The largest absolute Gasteiger partial charge is 0.337 e. The molecule has 0 spiro atoms. The van der Waals surface area contributed by atoms with E-state index in [9.17, 15) is 4.79 Å². The van der Waals surface area contributed by atoms with E-state index in [2.05, 4.69) is 13.8 Å². The molecule has 0 aliphatic carbocycles. The molecule has 1 aromatic rings. The molecule has 3 heteroatoms. The van der Waals surface area contributed by atoms with Gasteiger partial charge in [-0.3, -0.25) is 4.79 Å². The van der Waals surface area contributed by atoms with Gasteiger partial charge in [-0.15, -0.1) is 0 Å². The van der Waals surface area contributed by atoms with Crippen LogP contribution in [0.2, 0.25) is 0 Å². The van der Waals surface area contributed by atoms with Crippen LogP contribution in [0.1, 0.15) is 51.1 Å².